The van der Waals surface area contributed by atoms with Crippen molar-refractivity contribution in [3.63, 3.8) is 0 Å². The van der Waals surface area contributed by atoms with Crippen LogP contribution in [0.3, 0.4) is 0 Å². The maximum atomic E-state index is 10.9. The summed E-state index contributed by atoms with van der Waals surface area (Å²) in [5.41, 5.74) is 7.93. The smallest absolute Gasteiger partial charge is 0.261 e. The van der Waals surface area contributed by atoms with Gasteiger partial charge in [0, 0.05) is 13.6 Å². The molecule has 0 saturated carbocycles. The van der Waals surface area contributed by atoms with E-state index in [0.29, 0.717) is 18.7 Å². The molecule has 0 aliphatic heterocycles. The summed E-state index contributed by atoms with van der Waals surface area (Å²) in [7, 11) is 1.54. The highest BCUT2D eigenvalue weighted by molar-refractivity contribution is 7.80. The van der Waals surface area contributed by atoms with Gasteiger partial charge in [-0.2, -0.15) is 0 Å². The van der Waals surface area contributed by atoms with E-state index in [1.807, 2.05) is 79.7 Å². The van der Waals surface area contributed by atoms with Crippen LogP contribution in [0, 0.1) is 0 Å². The minimum atomic E-state index is -2.04. The third-order valence-corrected chi connectivity index (χ3v) is 4.26. The van der Waals surface area contributed by atoms with Crippen LogP contribution >= 0.6 is 0 Å². The van der Waals surface area contributed by atoms with Gasteiger partial charge in [-0.3, -0.25) is 8.86 Å². The minimum Gasteiger partial charge on any atom is -0.388 e. The van der Waals surface area contributed by atoms with Crippen LogP contribution in [0.25, 0.3) is 0 Å². The summed E-state index contributed by atoms with van der Waals surface area (Å²) in [6, 6.07) is 7.10. The minimum absolute atomic E-state index is 0.504. The molecular weight excluding hydrogens is 408 g/mol. The van der Waals surface area contributed by atoms with E-state index in [9.17, 15) is 9.32 Å². The number of allylic oxidation sites excluding steroid dienone is 3. The highest BCUT2D eigenvalue weighted by Crippen LogP contribution is 2.23. The molecule has 0 aliphatic carbocycles. The van der Waals surface area contributed by atoms with Gasteiger partial charge in [0.1, 0.15) is 0 Å². The topological polar surface area (TPSA) is 86.8 Å². The van der Waals surface area contributed by atoms with Gasteiger partial charge in [0.05, 0.1) is 11.8 Å². The van der Waals surface area contributed by atoms with Crippen LogP contribution < -0.4 is 10.0 Å². The number of anilines is 1. The summed E-state index contributed by atoms with van der Waals surface area (Å²) in [6.07, 6.45) is 8.20. The van der Waals surface area contributed by atoms with Gasteiger partial charge < -0.3 is 10.8 Å². The van der Waals surface area contributed by atoms with Crippen LogP contribution in [0.15, 0.2) is 48.1 Å². The number of rotatable bonds is 8. The second-order valence-corrected chi connectivity index (χ2v) is 6.73. The number of hydrogen-bond donors (Lipinski definition) is 3. The molecule has 0 amide bonds. The zero-order valence-electron chi connectivity index (χ0n) is 21.7. The van der Waals surface area contributed by atoms with Crippen molar-refractivity contribution < 1.29 is 13.9 Å². The first-order valence-electron chi connectivity index (χ1n) is 11.5. The highest BCUT2D eigenvalue weighted by atomic mass is 32.2. The normalized spacial score (nSPS) is 11.8. The van der Waals surface area contributed by atoms with E-state index >= 15 is 0 Å². The van der Waals surface area contributed by atoms with Crippen molar-refractivity contribution in [1.82, 2.24) is 0 Å². The van der Waals surface area contributed by atoms with E-state index in [1.54, 1.807) is 18.2 Å². The van der Waals surface area contributed by atoms with Crippen molar-refractivity contribution >= 4 is 17.0 Å². The molecule has 0 bridgehead atoms. The maximum Gasteiger partial charge on any atom is 0.261 e. The zero-order valence-corrected chi connectivity index (χ0v) is 22.5. The van der Waals surface area contributed by atoms with Gasteiger partial charge in [0.2, 0.25) is 0 Å². The molecule has 2 unspecified atom stereocenters. The lowest BCUT2D eigenvalue weighted by atomic mass is 10.0. The molecule has 0 aliphatic rings. The van der Waals surface area contributed by atoms with Gasteiger partial charge in [-0.15, -0.1) is 0 Å². The molecule has 0 saturated heterocycles. The molecule has 1 rings (SSSR count). The van der Waals surface area contributed by atoms with E-state index in [4.69, 9.17) is 10.3 Å². The third kappa shape index (κ3) is 21.5. The second-order valence-electron chi connectivity index (χ2n) is 5.72. The Kier molecular flexibility index (Phi) is 33.9. The van der Waals surface area contributed by atoms with Gasteiger partial charge in [0.25, 0.3) is 11.3 Å². The SMILES string of the molecule is C/C=C\C=C(/C)CN.CC.CC.CC.CCCCC(O)c1cccc(N(C)S(=O)O)c1. The number of benzene rings is 1. The molecule has 2 atom stereocenters. The first kappa shape index (κ1) is 36.9. The fourth-order valence-corrected chi connectivity index (χ4v) is 2.20. The fraction of sp³-hybridized carbons (Fsp3) is 0.600. The summed E-state index contributed by atoms with van der Waals surface area (Å²) in [5, 5.41) is 9.94. The summed E-state index contributed by atoms with van der Waals surface area (Å²) >= 11 is -2.04. The Morgan fingerprint density at radius 3 is 2.16 bits per heavy atom. The van der Waals surface area contributed by atoms with Crippen LogP contribution in [0.5, 0.6) is 0 Å². The van der Waals surface area contributed by atoms with Crippen molar-refractivity contribution in [2.45, 2.75) is 87.7 Å². The molecule has 0 aromatic heterocycles. The average molecular weight is 459 g/mol. The third-order valence-electron chi connectivity index (χ3n) is 3.58. The lowest BCUT2D eigenvalue weighted by Crippen LogP contribution is -2.19. The van der Waals surface area contributed by atoms with Crippen molar-refractivity contribution in [3.8, 4) is 0 Å². The Balaban J connectivity index is -0.000000219. The van der Waals surface area contributed by atoms with Gasteiger partial charge >= 0.3 is 0 Å². The molecule has 0 heterocycles. The quantitative estimate of drug-likeness (QED) is 0.288. The molecule has 1 aromatic rings. The number of aliphatic hydroxyl groups excluding tert-OH is 1. The van der Waals surface area contributed by atoms with Crippen molar-refractivity contribution in [3.05, 3.63) is 53.6 Å². The largest absolute Gasteiger partial charge is 0.388 e. The molecule has 184 valence electrons. The first-order valence-corrected chi connectivity index (χ1v) is 12.5. The molecule has 31 heavy (non-hydrogen) atoms. The van der Waals surface area contributed by atoms with E-state index in [2.05, 4.69) is 6.92 Å². The summed E-state index contributed by atoms with van der Waals surface area (Å²) in [6.45, 7) is 18.7. The predicted octanol–water partition coefficient (Wildman–Crippen LogP) is 7.03. The summed E-state index contributed by atoms with van der Waals surface area (Å²) < 4.78 is 21.2. The number of nitrogens with zero attached hydrogens (tertiary/aromatic N) is 1. The maximum absolute atomic E-state index is 10.9. The molecule has 5 nitrogen and oxygen atoms in total. The van der Waals surface area contributed by atoms with Crippen LogP contribution in [0.2, 0.25) is 0 Å². The summed E-state index contributed by atoms with van der Waals surface area (Å²) in [5.74, 6) is 0. The van der Waals surface area contributed by atoms with E-state index < -0.39 is 17.4 Å². The Hall–Kier alpha value is -1.47. The first-order chi connectivity index (χ1) is 14.9. The van der Waals surface area contributed by atoms with Crippen molar-refractivity contribution in [1.29, 1.82) is 0 Å². The number of aliphatic hydroxyl groups is 1. The second kappa shape index (κ2) is 28.5. The Morgan fingerprint density at radius 1 is 1.19 bits per heavy atom. The standard InChI is InChI=1S/C12H19NO3S.C7H13N.3C2H6/c1-3-4-8-12(14)10-6-5-7-11(9-10)13(2)17(15)16;1-3-4-5-7(2)6-8;3*1-2/h5-7,9,12,14H,3-4,8H2,1-2H3,(H,15,16);3-5H,6,8H2,1-2H3;3*1-2H3/b;4-3-,7-5+;;;. The lowest BCUT2D eigenvalue weighted by molar-refractivity contribution is 0.164. The zero-order chi connectivity index (χ0) is 25.2. The Labute approximate surface area is 195 Å². The van der Waals surface area contributed by atoms with E-state index in [1.165, 1.54) is 16.9 Å². The predicted molar refractivity (Wildman–Crippen MR) is 142 cm³/mol. The molecular formula is C25H50N2O3S. The summed E-state index contributed by atoms with van der Waals surface area (Å²) in [4.78, 5) is 0. The van der Waals surface area contributed by atoms with Gasteiger partial charge in [0.15, 0.2) is 0 Å². The highest BCUT2D eigenvalue weighted by Gasteiger charge is 2.11. The molecule has 0 radical (unpaired) electrons. The number of hydrogen-bond acceptors (Lipinski definition) is 3. The Morgan fingerprint density at radius 2 is 1.74 bits per heavy atom. The van der Waals surface area contributed by atoms with E-state index in [-0.39, 0.29) is 0 Å². The molecule has 0 spiro atoms. The fourth-order valence-electron chi connectivity index (χ4n) is 1.91. The van der Waals surface area contributed by atoms with E-state index in [0.717, 1.165) is 18.4 Å². The molecule has 6 heteroatoms. The Bertz CT molecular complexity index is 576. The average Bonchev–Trinajstić information content (AvgIpc) is 2.84. The molecule has 0 fully saturated rings. The van der Waals surface area contributed by atoms with Crippen LogP contribution in [0.4, 0.5) is 5.69 Å². The lowest BCUT2D eigenvalue weighted by Gasteiger charge is -2.16. The van der Waals surface area contributed by atoms with Gasteiger partial charge in [-0.25, -0.2) is 4.21 Å². The van der Waals surface area contributed by atoms with Crippen LogP contribution in [0.1, 0.15) is 93.2 Å². The van der Waals surface area contributed by atoms with Crippen LogP contribution in [-0.2, 0) is 11.3 Å². The monoisotopic (exact) mass is 458 g/mol. The van der Waals surface area contributed by atoms with Crippen molar-refractivity contribution in [2.24, 2.45) is 5.73 Å². The van der Waals surface area contributed by atoms with Crippen LogP contribution in [-0.4, -0.2) is 27.5 Å². The van der Waals surface area contributed by atoms with Gasteiger partial charge in [-0.1, -0.05) is 97.2 Å². The number of unbranched alkanes of at least 4 members (excludes halogenated alkanes) is 1. The van der Waals surface area contributed by atoms with Gasteiger partial charge in [-0.05, 0) is 38.0 Å². The number of nitrogens with two attached hydrogens (primary N) is 1. The molecule has 4 N–H and O–H groups in total. The molecule has 1 aromatic carbocycles. The van der Waals surface area contributed by atoms with Crippen molar-refractivity contribution in [2.75, 3.05) is 17.9 Å².